The van der Waals surface area contributed by atoms with Crippen molar-refractivity contribution in [2.45, 2.75) is 67.7 Å². The van der Waals surface area contributed by atoms with Gasteiger partial charge in [-0.2, -0.15) is 0 Å². The van der Waals surface area contributed by atoms with Gasteiger partial charge < -0.3 is 0 Å². The van der Waals surface area contributed by atoms with Crippen LogP contribution in [0.25, 0.3) is 34.4 Å². The molecule has 0 bridgehead atoms. The van der Waals surface area contributed by atoms with Crippen LogP contribution in [0.2, 0.25) is 0 Å². The fraction of sp³-hybridized carbons (Fsp3) is 0.300. The van der Waals surface area contributed by atoms with Crippen LogP contribution in [0.4, 0.5) is 0 Å². The van der Waals surface area contributed by atoms with Gasteiger partial charge in [-0.1, -0.05) is 117 Å². The molecule has 6 rings (SSSR count). The Labute approximate surface area is 241 Å². The van der Waals surface area contributed by atoms with Gasteiger partial charge in [0, 0.05) is 5.41 Å². The van der Waals surface area contributed by atoms with Crippen LogP contribution in [0.3, 0.4) is 0 Å². The molecule has 2 aliphatic carbocycles. The Balaban J connectivity index is 1.47. The topological polar surface area (TPSA) is 0 Å². The van der Waals surface area contributed by atoms with E-state index in [1.165, 1.54) is 66.8 Å². The molecule has 0 saturated heterocycles. The standard InChI is InChI=1S/C40H42/c1-25(2)24-40(7,32-20-30-16-10-18-34(36(30)22-32)38-26(3)12-8-13-27(38)4)33-21-31-17-11-19-35(37(31)23-33)39-28(5)14-9-15-29(39)6/h8-19,22-23,25H,20-21,24H2,1-7H3. The van der Waals surface area contributed by atoms with Crippen LogP contribution in [0.15, 0.2) is 83.9 Å². The molecule has 0 spiro atoms. The van der Waals surface area contributed by atoms with Crippen molar-refractivity contribution in [1.82, 2.24) is 0 Å². The molecule has 4 aromatic carbocycles. The quantitative estimate of drug-likeness (QED) is 0.236. The lowest BCUT2D eigenvalue weighted by molar-refractivity contribution is 0.363. The van der Waals surface area contributed by atoms with E-state index in [0.717, 1.165) is 19.3 Å². The van der Waals surface area contributed by atoms with Gasteiger partial charge in [0.05, 0.1) is 0 Å². The Kier molecular flexibility index (Phi) is 6.70. The molecule has 0 saturated carbocycles. The number of aryl methyl sites for hydroxylation is 4. The highest BCUT2D eigenvalue weighted by Crippen LogP contribution is 2.52. The molecule has 4 aromatic rings. The lowest BCUT2D eigenvalue weighted by Gasteiger charge is -2.35. The van der Waals surface area contributed by atoms with Crippen molar-refractivity contribution in [2.75, 3.05) is 0 Å². The van der Waals surface area contributed by atoms with Crippen molar-refractivity contribution < 1.29 is 0 Å². The summed E-state index contributed by atoms with van der Waals surface area (Å²) in [5.41, 5.74) is 19.9. The summed E-state index contributed by atoms with van der Waals surface area (Å²) in [6.45, 7) is 16.3. The summed E-state index contributed by atoms with van der Waals surface area (Å²) >= 11 is 0. The van der Waals surface area contributed by atoms with Gasteiger partial charge in [0.25, 0.3) is 0 Å². The normalized spacial score (nSPS) is 14.3. The summed E-state index contributed by atoms with van der Waals surface area (Å²) in [6, 6.07) is 27.2. The molecule has 0 nitrogen and oxygen atoms in total. The van der Waals surface area contributed by atoms with Crippen LogP contribution in [0.1, 0.15) is 71.7 Å². The van der Waals surface area contributed by atoms with Crippen LogP contribution in [-0.2, 0) is 12.8 Å². The second-order valence-corrected chi connectivity index (χ2v) is 12.9. The summed E-state index contributed by atoms with van der Waals surface area (Å²) in [4.78, 5) is 0. The predicted molar refractivity (Wildman–Crippen MR) is 174 cm³/mol. The second-order valence-electron chi connectivity index (χ2n) is 12.9. The number of hydrogen-bond donors (Lipinski definition) is 0. The molecule has 0 atom stereocenters. The smallest absolute Gasteiger partial charge is 0.0108 e. The lowest BCUT2D eigenvalue weighted by Crippen LogP contribution is -2.25. The summed E-state index contributed by atoms with van der Waals surface area (Å²) < 4.78 is 0. The van der Waals surface area contributed by atoms with Crippen LogP contribution in [0.5, 0.6) is 0 Å². The third-order valence-corrected chi connectivity index (χ3v) is 9.53. The maximum Gasteiger partial charge on any atom is 0.0108 e. The van der Waals surface area contributed by atoms with Gasteiger partial charge >= 0.3 is 0 Å². The minimum atomic E-state index is 0.0162. The molecular weight excluding hydrogens is 480 g/mol. The maximum atomic E-state index is 2.56. The Morgan fingerprint density at radius 3 is 1.32 bits per heavy atom. The van der Waals surface area contributed by atoms with Gasteiger partial charge in [-0.15, -0.1) is 0 Å². The minimum absolute atomic E-state index is 0.0162. The van der Waals surface area contributed by atoms with Gasteiger partial charge in [0.1, 0.15) is 0 Å². The van der Waals surface area contributed by atoms with E-state index < -0.39 is 0 Å². The van der Waals surface area contributed by atoms with Crippen molar-refractivity contribution in [1.29, 1.82) is 0 Å². The van der Waals surface area contributed by atoms with E-state index in [-0.39, 0.29) is 5.41 Å². The van der Waals surface area contributed by atoms with Crippen molar-refractivity contribution in [3.63, 3.8) is 0 Å². The first-order valence-corrected chi connectivity index (χ1v) is 15.0. The van der Waals surface area contributed by atoms with E-state index in [9.17, 15) is 0 Å². The molecule has 0 N–H and O–H groups in total. The molecule has 0 aromatic heterocycles. The fourth-order valence-corrected chi connectivity index (χ4v) is 7.64. The Hall–Kier alpha value is -3.64. The Bertz CT molecular complexity index is 1530. The predicted octanol–water partition coefficient (Wildman–Crippen LogP) is 10.9. The van der Waals surface area contributed by atoms with E-state index in [1.54, 1.807) is 11.1 Å². The Morgan fingerprint density at radius 2 is 0.950 bits per heavy atom. The third-order valence-electron chi connectivity index (χ3n) is 9.53. The first-order chi connectivity index (χ1) is 19.2. The average molecular weight is 523 g/mol. The van der Waals surface area contributed by atoms with Crippen LogP contribution in [0, 0.1) is 39.0 Å². The number of fused-ring (bicyclic) bond motifs is 2. The highest BCUT2D eigenvalue weighted by molar-refractivity contribution is 5.87. The van der Waals surface area contributed by atoms with Crippen molar-refractivity contribution in [3.05, 3.63) is 128 Å². The van der Waals surface area contributed by atoms with Crippen molar-refractivity contribution in [2.24, 2.45) is 11.3 Å². The molecule has 0 amide bonds. The first kappa shape index (κ1) is 26.6. The highest BCUT2D eigenvalue weighted by Gasteiger charge is 2.38. The molecule has 202 valence electrons. The monoisotopic (exact) mass is 522 g/mol. The number of rotatable bonds is 6. The zero-order valence-corrected chi connectivity index (χ0v) is 25.3. The molecule has 0 heterocycles. The molecule has 2 aliphatic rings. The Morgan fingerprint density at radius 1 is 0.575 bits per heavy atom. The van der Waals surface area contributed by atoms with Gasteiger partial charge in [-0.25, -0.2) is 0 Å². The molecule has 40 heavy (non-hydrogen) atoms. The maximum absolute atomic E-state index is 2.56. The molecule has 0 aliphatic heterocycles. The van der Waals surface area contributed by atoms with Crippen LogP contribution < -0.4 is 0 Å². The number of hydrogen-bond acceptors (Lipinski definition) is 0. The zero-order chi connectivity index (χ0) is 28.2. The van der Waals surface area contributed by atoms with Crippen molar-refractivity contribution in [3.8, 4) is 22.3 Å². The summed E-state index contributed by atoms with van der Waals surface area (Å²) in [6.07, 6.45) is 8.36. The van der Waals surface area contributed by atoms with Crippen molar-refractivity contribution >= 4 is 12.2 Å². The van der Waals surface area contributed by atoms with E-state index in [0.29, 0.717) is 5.92 Å². The van der Waals surface area contributed by atoms with Crippen LogP contribution in [-0.4, -0.2) is 0 Å². The molecule has 0 fully saturated rings. The first-order valence-electron chi connectivity index (χ1n) is 15.0. The van der Waals surface area contributed by atoms with E-state index >= 15 is 0 Å². The second kappa shape index (κ2) is 10.1. The van der Waals surface area contributed by atoms with Gasteiger partial charge in [0.2, 0.25) is 0 Å². The summed E-state index contributed by atoms with van der Waals surface area (Å²) in [5, 5.41) is 0. The van der Waals surface area contributed by atoms with Gasteiger partial charge in [-0.05, 0) is 120 Å². The van der Waals surface area contributed by atoms with Gasteiger partial charge in [-0.3, -0.25) is 0 Å². The fourth-order valence-electron chi connectivity index (χ4n) is 7.64. The molecular formula is C40H42. The largest absolute Gasteiger partial charge is 0.0627 e. The molecule has 0 unspecified atom stereocenters. The number of benzene rings is 4. The third kappa shape index (κ3) is 4.39. The number of allylic oxidation sites excluding steroid dienone is 2. The summed E-state index contributed by atoms with van der Waals surface area (Å²) in [5.74, 6) is 0.607. The highest BCUT2D eigenvalue weighted by atomic mass is 14.4. The average Bonchev–Trinajstić information content (AvgIpc) is 3.54. The molecule has 0 heteroatoms. The summed E-state index contributed by atoms with van der Waals surface area (Å²) in [7, 11) is 0. The zero-order valence-electron chi connectivity index (χ0n) is 25.3. The van der Waals surface area contributed by atoms with E-state index in [2.05, 4.69) is 133 Å². The van der Waals surface area contributed by atoms with Gasteiger partial charge in [0.15, 0.2) is 0 Å². The lowest BCUT2D eigenvalue weighted by atomic mass is 9.69. The minimum Gasteiger partial charge on any atom is -0.0627 e. The van der Waals surface area contributed by atoms with E-state index in [4.69, 9.17) is 0 Å². The molecule has 0 radical (unpaired) electrons. The van der Waals surface area contributed by atoms with E-state index in [1.807, 2.05) is 0 Å². The SMILES string of the molecule is Cc1cccc(C)c1-c1cccc2c1C=C(C(C)(CC(C)C)C1=Cc3c(cccc3-c3c(C)cccc3C)C1)C2. The van der Waals surface area contributed by atoms with Crippen LogP contribution >= 0.6 is 0 Å².